The van der Waals surface area contributed by atoms with Gasteiger partial charge in [0.25, 0.3) is 11.5 Å². The van der Waals surface area contributed by atoms with Gasteiger partial charge >= 0.3 is 0 Å². The number of phenolic OH excluding ortho intramolecular Hbond substituents is 1. The molecule has 0 saturated carbocycles. The molecule has 26 heavy (non-hydrogen) atoms. The second-order valence-electron chi connectivity index (χ2n) is 6.01. The smallest absolute Gasteiger partial charge is 0.263 e. The highest BCUT2D eigenvalue weighted by Crippen LogP contribution is 2.09. The summed E-state index contributed by atoms with van der Waals surface area (Å²) < 4.78 is 1.53. The lowest BCUT2D eigenvalue weighted by molar-refractivity contribution is 0.0952. The number of amides is 1. The molecule has 2 aromatic carbocycles. The van der Waals surface area contributed by atoms with Crippen molar-refractivity contribution >= 4 is 5.91 Å². The fraction of sp³-hybridized carbons (Fsp3) is 0.143. The number of nitrogens with zero attached hydrogens (tertiary/aromatic N) is 1. The molecular weight excluding hydrogens is 328 g/mol. The highest BCUT2D eigenvalue weighted by molar-refractivity contribution is 5.93. The Morgan fingerprint density at radius 3 is 2.38 bits per heavy atom. The summed E-state index contributed by atoms with van der Waals surface area (Å²) in [5, 5.41) is 12.1. The molecule has 0 atom stereocenters. The van der Waals surface area contributed by atoms with Gasteiger partial charge in [-0.25, -0.2) is 0 Å². The van der Waals surface area contributed by atoms with Crippen LogP contribution < -0.4 is 10.9 Å². The number of carbonyl (C=O) groups excluding carboxylic acids is 1. The Hall–Kier alpha value is -3.34. The van der Waals surface area contributed by atoms with Crippen molar-refractivity contribution in [2.75, 3.05) is 6.54 Å². The number of hydrogen-bond acceptors (Lipinski definition) is 3. The molecule has 0 aliphatic carbocycles. The van der Waals surface area contributed by atoms with E-state index >= 15 is 0 Å². The molecule has 0 radical (unpaired) electrons. The average Bonchev–Trinajstić information content (AvgIpc) is 2.66. The summed E-state index contributed by atoms with van der Waals surface area (Å²) in [5.74, 6) is -0.169. The molecule has 2 N–H and O–H groups in total. The van der Waals surface area contributed by atoms with Crippen LogP contribution in [0.3, 0.4) is 0 Å². The lowest BCUT2D eigenvalue weighted by atomic mass is 10.1. The first-order valence-electron chi connectivity index (χ1n) is 8.43. The van der Waals surface area contributed by atoms with E-state index in [0.29, 0.717) is 19.5 Å². The summed E-state index contributed by atoms with van der Waals surface area (Å²) in [6.07, 6.45) is 2.31. The van der Waals surface area contributed by atoms with Crippen molar-refractivity contribution in [1.29, 1.82) is 0 Å². The molecule has 0 saturated heterocycles. The minimum atomic E-state index is -0.379. The Bertz CT molecular complexity index is 931. The number of benzene rings is 2. The van der Waals surface area contributed by atoms with Gasteiger partial charge in [0.2, 0.25) is 0 Å². The third kappa shape index (κ3) is 4.39. The fourth-order valence-electron chi connectivity index (χ4n) is 2.69. The van der Waals surface area contributed by atoms with Crippen LogP contribution in [0.25, 0.3) is 0 Å². The van der Waals surface area contributed by atoms with Gasteiger partial charge < -0.3 is 15.0 Å². The molecule has 1 aromatic heterocycles. The zero-order valence-corrected chi connectivity index (χ0v) is 14.3. The van der Waals surface area contributed by atoms with E-state index in [9.17, 15) is 14.7 Å². The van der Waals surface area contributed by atoms with E-state index in [0.717, 1.165) is 11.1 Å². The van der Waals surface area contributed by atoms with E-state index < -0.39 is 0 Å². The monoisotopic (exact) mass is 348 g/mol. The Labute approximate surface area is 151 Å². The van der Waals surface area contributed by atoms with Crippen LogP contribution in [0, 0.1) is 0 Å². The minimum absolute atomic E-state index is 0.133. The highest BCUT2D eigenvalue weighted by Gasteiger charge is 2.11. The quantitative estimate of drug-likeness (QED) is 0.719. The van der Waals surface area contributed by atoms with E-state index in [1.807, 2.05) is 30.3 Å². The van der Waals surface area contributed by atoms with Gasteiger partial charge in [-0.2, -0.15) is 0 Å². The van der Waals surface area contributed by atoms with Crippen LogP contribution >= 0.6 is 0 Å². The average molecular weight is 348 g/mol. The molecule has 0 bridgehead atoms. The van der Waals surface area contributed by atoms with Crippen molar-refractivity contribution < 1.29 is 9.90 Å². The van der Waals surface area contributed by atoms with Crippen LogP contribution in [0.1, 0.15) is 21.5 Å². The Morgan fingerprint density at radius 2 is 1.65 bits per heavy atom. The van der Waals surface area contributed by atoms with E-state index in [1.54, 1.807) is 42.6 Å². The van der Waals surface area contributed by atoms with Crippen LogP contribution in [0.5, 0.6) is 5.75 Å². The molecule has 3 aromatic rings. The van der Waals surface area contributed by atoms with Gasteiger partial charge in [0.15, 0.2) is 0 Å². The normalized spacial score (nSPS) is 10.5. The maximum atomic E-state index is 12.6. The molecule has 132 valence electrons. The number of hydrogen-bond donors (Lipinski definition) is 2. The first-order chi connectivity index (χ1) is 12.6. The van der Waals surface area contributed by atoms with Gasteiger partial charge in [-0.15, -0.1) is 0 Å². The van der Waals surface area contributed by atoms with Gasteiger partial charge in [0, 0.05) is 12.7 Å². The molecule has 0 aliphatic rings. The van der Waals surface area contributed by atoms with Crippen LogP contribution in [-0.4, -0.2) is 22.1 Å². The van der Waals surface area contributed by atoms with Crippen LogP contribution in [0.15, 0.2) is 77.7 Å². The van der Waals surface area contributed by atoms with Gasteiger partial charge in [0.05, 0.1) is 6.54 Å². The maximum absolute atomic E-state index is 12.6. The molecule has 0 unspecified atom stereocenters. The number of aromatic hydroxyl groups is 1. The largest absolute Gasteiger partial charge is 0.508 e. The van der Waals surface area contributed by atoms with E-state index in [4.69, 9.17) is 0 Å². The molecule has 0 aliphatic heterocycles. The predicted molar refractivity (Wildman–Crippen MR) is 100 cm³/mol. The second kappa shape index (κ2) is 8.16. The van der Waals surface area contributed by atoms with Gasteiger partial charge in [-0.3, -0.25) is 9.59 Å². The molecule has 0 fully saturated rings. The summed E-state index contributed by atoms with van der Waals surface area (Å²) in [6.45, 7) is 0.838. The van der Waals surface area contributed by atoms with Crippen molar-refractivity contribution in [2.24, 2.45) is 0 Å². The lowest BCUT2D eigenvalue weighted by Gasteiger charge is -2.09. The van der Waals surface area contributed by atoms with E-state index in [1.165, 1.54) is 4.57 Å². The third-order valence-corrected chi connectivity index (χ3v) is 4.10. The SMILES string of the molecule is O=C(NCCc1ccc(O)cc1)c1cccn(Cc2ccccc2)c1=O. The molecule has 1 amide bonds. The molecule has 1 heterocycles. The van der Waals surface area contributed by atoms with Crippen molar-refractivity contribution in [3.05, 3.63) is 100.0 Å². The minimum Gasteiger partial charge on any atom is -0.508 e. The topological polar surface area (TPSA) is 71.3 Å². The number of aromatic nitrogens is 1. The third-order valence-electron chi connectivity index (χ3n) is 4.10. The number of rotatable bonds is 6. The Morgan fingerprint density at radius 1 is 0.923 bits per heavy atom. The van der Waals surface area contributed by atoms with E-state index in [2.05, 4.69) is 5.32 Å². The van der Waals surface area contributed by atoms with Gasteiger partial charge in [-0.1, -0.05) is 42.5 Å². The van der Waals surface area contributed by atoms with Crippen LogP contribution in [0.4, 0.5) is 0 Å². The first-order valence-corrected chi connectivity index (χ1v) is 8.43. The Kier molecular flexibility index (Phi) is 5.49. The first kappa shape index (κ1) is 17.5. The molecular formula is C21H20N2O3. The van der Waals surface area contributed by atoms with Crippen molar-refractivity contribution in [1.82, 2.24) is 9.88 Å². The highest BCUT2D eigenvalue weighted by atomic mass is 16.3. The van der Waals surface area contributed by atoms with Crippen LogP contribution in [-0.2, 0) is 13.0 Å². The second-order valence-corrected chi connectivity index (χ2v) is 6.01. The van der Waals surface area contributed by atoms with Crippen LogP contribution in [0.2, 0.25) is 0 Å². The number of pyridine rings is 1. The van der Waals surface area contributed by atoms with Gasteiger partial charge in [-0.05, 0) is 41.8 Å². The lowest BCUT2D eigenvalue weighted by Crippen LogP contribution is -2.33. The number of nitrogens with one attached hydrogen (secondary N) is 1. The summed E-state index contributed by atoms with van der Waals surface area (Å²) in [7, 11) is 0. The van der Waals surface area contributed by atoms with Crippen molar-refractivity contribution in [3.8, 4) is 5.75 Å². The molecule has 0 spiro atoms. The summed E-state index contributed by atoms with van der Waals surface area (Å²) in [6, 6.07) is 19.7. The summed E-state index contributed by atoms with van der Waals surface area (Å²) in [5.41, 5.74) is 1.82. The standard InChI is InChI=1S/C21H20N2O3/c24-18-10-8-16(9-11-18)12-13-22-20(25)19-7-4-14-23(21(19)26)15-17-5-2-1-3-6-17/h1-11,14,24H,12-13,15H2,(H,22,25). The summed E-state index contributed by atoms with van der Waals surface area (Å²) >= 11 is 0. The predicted octanol–water partition coefficient (Wildman–Crippen LogP) is 2.57. The fourth-order valence-corrected chi connectivity index (χ4v) is 2.69. The summed E-state index contributed by atoms with van der Waals surface area (Å²) in [4.78, 5) is 24.9. The molecule has 3 rings (SSSR count). The van der Waals surface area contributed by atoms with Crippen molar-refractivity contribution in [2.45, 2.75) is 13.0 Å². The van der Waals surface area contributed by atoms with Crippen molar-refractivity contribution in [3.63, 3.8) is 0 Å². The number of phenols is 1. The molecule has 5 heteroatoms. The number of carbonyl (C=O) groups is 1. The zero-order chi connectivity index (χ0) is 18.4. The van der Waals surface area contributed by atoms with E-state index in [-0.39, 0.29) is 22.8 Å². The Balaban J connectivity index is 1.64. The zero-order valence-electron chi connectivity index (χ0n) is 14.3. The van der Waals surface area contributed by atoms with Gasteiger partial charge in [0.1, 0.15) is 11.3 Å². The maximum Gasteiger partial charge on any atom is 0.263 e. The molecule has 5 nitrogen and oxygen atoms in total.